The van der Waals surface area contributed by atoms with Crippen LogP contribution in [0.3, 0.4) is 0 Å². The summed E-state index contributed by atoms with van der Waals surface area (Å²) in [6.07, 6.45) is 0. The van der Waals surface area contributed by atoms with Crippen LogP contribution in [0.15, 0.2) is 40.8 Å². The number of furan rings is 1. The van der Waals surface area contributed by atoms with E-state index in [0.29, 0.717) is 23.1 Å². The van der Waals surface area contributed by atoms with Gasteiger partial charge in [0, 0.05) is 0 Å². The van der Waals surface area contributed by atoms with Gasteiger partial charge in [-0.2, -0.15) is 0 Å². The predicted molar refractivity (Wildman–Crippen MR) is 70.4 cm³/mol. The van der Waals surface area contributed by atoms with Crippen LogP contribution in [0.4, 0.5) is 0 Å². The van der Waals surface area contributed by atoms with E-state index in [2.05, 4.69) is 0 Å². The van der Waals surface area contributed by atoms with E-state index in [1.807, 2.05) is 12.1 Å². The van der Waals surface area contributed by atoms with E-state index in [4.69, 9.17) is 25.5 Å². The number of hydrogen-bond acceptors (Lipinski definition) is 4. The Labute approximate surface area is 115 Å². The highest BCUT2D eigenvalue weighted by molar-refractivity contribution is 6.32. The van der Waals surface area contributed by atoms with Gasteiger partial charge in [0.2, 0.25) is 5.76 Å². The third-order valence-corrected chi connectivity index (χ3v) is 2.66. The fourth-order valence-electron chi connectivity index (χ4n) is 1.48. The smallest absolute Gasteiger partial charge is 0.374 e. The lowest BCUT2D eigenvalue weighted by atomic mass is 10.3. The van der Waals surface area contributed by atoms with Crippen molar-refractivity contribution >= 4 is 17.6 Å². The van der Waals surface area contributed by atoms with Crippen molar-refractivity contribution in [3.05, 3.63) is 52.9 Å². The number of ether oxygens (including phenoxy) is 2. The molecule has 0 fully saturated rings. The summed E-state index contributed by atoms with van der Waals surface area (Å²) in [5, 5.41) is 0.527. The van der Waals surface area contributed by atoms with E-state index < -0.39 is 5.97 Å². The van der Waals surface area contributed by atoms with Crippen molar-refractivity contribution in [1.82, 2.24) is 0 Å². The maximum Gasteiger partial charge on any atom is 0.374 e. The number of benzene rings is 1. The third kappa shape index (κ3) is 3.51. The van der Waals surface area contributed by atoms with Crippen molar-refractivity contribution in [2.75, 3.05) is 6.61 Å². The summed E-state index contributed by atoms with van der Waals surface area (Å²) >= 11 is 5.96. The van der Waals surface area contributed by atoms with Crippen LogP contribution in [0.5, 0.6) is 5.75 Å². The predicted octanol–water partition coefficient (Wildman–Crippen LogP) is 3.69. The first-order valence-electron chi connectivity index (χ1n) is 5.84. The number of para-hydroxylation sites is 1. The lowest BCUT2D eigenvalue weighted by molar-refractivity contribution is 0.0486. The lowest BCUT2D eigenvalue weighted by Gasteiger charge is -2.05. The van der Waals surface area contributed by atoms with Gasteiger partial charge in [0.05, 0.1) is 11.6 Å². The summed E-state index contributed by atoms with van der Waals surface area (Å²) in [5.74, 6) is 0.785. The lowest BCUT2D eigenvalue weighted by Crippen LogP contribution is -2.02. The summed E-state index contributed by atoms with van der Waals surface area (Å²) in [6, 6.07) is 10.4. The van der Waals surface area contributed by atoms with Gasteiger partial charge in [-0.3, -0.25) is 0 Å². The van der Waals surface area contributed by atoms with E-state index in [-0.39, 0.29) is 12.4 Å². The van der Waals surface area contributed by atoms with Gasteiger partial charge in [0.1, 0.15) is 18.1 Å². The molecule has 0 unspecified atom stereocenters. The van der Waals surface area contributed by atoms with Gasteiger partial charge in [0.15, 0.2) is 0 Å². The molecular formula is C14H13ClO4. The molecular weight excluding hydrogens is 268 g/mol. The average molecular weight is 281 g/mol. The fraction of sp³-hybridized carbons (Fsp3) is 0.214. The molecule has 0 radical (unpaired) electrons. The van der Waals surface area contributed by atoms with Crippen molar-refractivity contribution in [3.8, 4) is 5.75 Å². The van der Waals surface area contributed by atoms with Gasteiger partial charge >= 0.3 is 5.97 Å². The maximum atomic E-state index is 11.4. The average Bonchev–Trinajstić information content (AvgIpc) is 2.87. The minimum atomic E-state index is -0.480. The molecule has 0 bridgehead atoms. The van der Waals surface area contributed by atoms with Crippen LogP contribution in [0.1, 0.15) is 23.2 Å². The Morgan fingerprint density at radius 3 is 2.79 bits per heavy atom. The topological polar surface area (TPSA) is 48.7 Å². The van der Waals surface area contributed by atoms with E-state index in [1.54, 1.807) is 31.2 Å². The maximum absolute atomic E-state index is 11.4. The summed E-state index contributed by atoms with van der Waals surface area (Å²) in [7, 11) is 0. The van der Waals surface area contributed by atoms with Gasteiger partial charge in [-0.05, 0) is 31.2 Å². The molecule has 2 rings (SSSR count). The normalized spacial score (nSPS) is 10.2. The third-order valence-electron chi connectivity index (χ3n) is 2.34. The second-order valence-corrected chi connectivity index (χ2v) is 4.11. The Balaban J connectivity index is 1.97. The molecule has 0 saturated heterocycles. The van der Waals surface area contributed by atoms with Crippen molar-refractivity contribution in [3.63, 3.8) is 0 Å². The summed E-state index contributed by atoms with van der Waals surface area (Å²) in [5.41, 5.74) is 0. The Morgan fingerprint density at radius 2 is 2.05 bits per heavy atom. The summed E-state index contributed by atoms with van der Waals surface area (Å²) < 4.78 is 15.6. The van der Waals surface area contributed by atoms with E-state index in [0.717, 1.165) is 0 Å². The van der Waals surface area contributed by atoms with Gasteiger partial charge in [-0.15, -0.1) is 0 Å². The molecule has 4 nitrogen and oxygen atoms in total. The molecule has 19 heavy (non-hydrogen) atoms. The molecule has 5 heteroatoms. The second-order valence-electron chi connectivity index (χ2n) is 3.71. The highest BCUT2D eigenvalue weighted by atomic mass is 35.5. The van der Waals surface area contributed by atoms with Crippen LogP contribution in [-0.2, 0) is 11.3 Å². The Hall–Kier alpha value is -1.94. The second kappa shape index (κ2) is 6.29. The molecule has 0 atom stereocenters. The van der Waals surface area contributed by atoms with E-state index >= 15 is 0 Å². The van der Waals surface area contributed by atoms with Gasteiger partial charge in [0.25, 0.3) is 0 Å². The molecule has 0 aliphatic rings. The molecule has 0 spiro atoms. The minimum Gasteiger partial charge on any atom is -0.484 e. The zero-order chi connectivity index (χ0) is 13.7. The summed E-state index contributed by atoms with van der Waals surface area (Å²) in [6.45, 7) is 2.25. The highest BCUT2D eigenvalue weighted by Crippen LogP contribution is 2.24. The van der Waals surface area contributed by atoms with Crippen molar-refractivity contribution in [2.24, 2.45) is 0 Å². The molecule has 2 aromatic rings. The number of rotatable bonds is 5. The number of halogens is 1. The molecule has 0 saturated carbocycles. The molecule has 1 aromatic heterocycles. The standard InChI is InChI=1S/C14H13ClO4/c1-2-17-14(16)13-8-7-10(19-13)9-18-12-6-4-3-5-11(12)15/h3-8H,2,9H2,1H3. The number of carbonyl (C=O) groups excluding carboxylic acids is 1. The SMILES string of the molecule is CCOC(=O)c1ccc(COc2ccccc2Cl)o1. The zero-order valence-electron chi connectivity index (χ0n) is 10.4. The summed E-state index contributed by atoms with van der Waals surface area (Å²) in [4.78, 5) is 11.4. The molecule has 1 aromatic carbocycles. The van der Waals surface area contributed by atoms with Crippen LogP contribution in [-0.4, -0.2) is 12.6 Å². The first kappa shape index (κ1) is 13.5. The monoisotopic (exact) mass is 280 g/mol. The van der Waals surface area contributed by atoms with Gasteiger partial charge in [-0.25, -0.2) is 4.79 Å². The largest absolute Gasteiger partial charge is 0.484 e. The fourth-order valence-corrected chi connectivity index (χ4v) is 1.67. The first-order chi connectivity index (χ1) is 9.20. The number of carbonyl (C=O) groups is 1. The molecule has 0 aliphatic heterocycles. The Morgan fingerprint density at radius 1 is 1.26 bits per heavy atom. The molecule has 0 N–H and O–H groups in total. The van der Waals surface area contributed by atoms with Crippen LogP contribution >= 0.6 is 11.6 Å². The number of hydrogen-bond donors (Lipinski definition) is 0. The zero-order valence-corrected chi connectivity index (χ0v) is 11.1. The van der Waals surface area contributed by atoms with Crippen LogP contribution < -0.4 is 4.74 Å². The molecule has 100 valence electrons. The Bertz CT molecular complexity index is 562. The highest BCUT2D eigenvalue weighted by Gasteiger charge is 2.12. The van der Waals surface area contributed by atoms with Crippen LogP contribution in [0.2, 0.25) is 5.02 Å². The molecule has 0 amide bonds. The van der Waals surface area contributed by atoms with Crippen molar-refractivity contribution in [1.29, 1.82) is 0 Å². The Kier molecular flexibility index (Phi) is 4.47. The number of esters is 1. The van der Waals surface area contributed by atoms with Crippen LogP contribution in [0, 0.1) is 0 Å². The van der Waals surface area contributed by atoms with E-state index in [9.17, 15) is 4.79 Å². The van der Waals surface area contributed by atoms with E-state index in [1.165, 1.54) is 0 Å². The first-order valence-corrected chi connectivity index (χ1v) is 6.21. The molecule has 1 heterocycles. The van der Waals surface area contributed by atoms with Gasteiger partial charge in [-0.1, -0.05) is 23.7 Å². The van der Waals surface area contributed by atoms with Gasteiger partial charge < -0.3 is 13.9 Å². The van der Waals surface area contributed by atoms with Crippen LogP contribution in [0.25, 0.3) is 0 Å². The minimum absolute atomic E-state index is 0.166. The van der Waals surface area contributed by atoms with Crippen molar-refractivity contribution in [2.45, 2.75) is 13.5 Å². The van der Waals surface area contributed by atoms with Crippen molar-refractivity contribution < 1.29 is 18.7 Å². The quantitative estimate of drug-likeness (QED) is 0.784. The molecule has 0 aliphatic carbocycles.